The maximum atomic E-state index is 11.1. The summed E-state index contributed by atoms with van der Waals surface area (Å²) >= 11 is 0. The molecule has 0 aromatic heterocycles. The Kier molecular flexibility index (Phi) is 4.53. The van der Waals surface area contributed by atoms with Crippen LogP contribution >= 0.6 is 0 Å². The first kappa shape index (κ1) is 17.6. The monoisotopic (exact) mass is 344 g/mol. The fourth-order valence-corrected chi connectivity index (χ4v) is 7.88. The summed E-state index contributed by atoms with van der Waals surface area (Å²) in [5.74, 6) is 4.20. The zero-order valence-electron chi connectivity index (χ0n) is 16.4. The third-order valence-corrected chi connectivity index (χ3v) is 9.20. The van der Waals surface area contributed by atoms with Crippen molar-refractivity contribution < 1.29 is 9.53 Å². The number of rotatable bonds is 2. The van der Waals surface area contributed by atoms with Crippen molar-refractivity contribution in [3.8, 4) is 0 Å². The first-order chi connectivity index (χ1) is 11.9. The Morgan fingerprint density at radius 3 is 2.52 bits per heavy atom. The van der Waals surface area contributed by atoms with Gasteiger partial charge in [0.15, 0.2) is 0 Å². The summed E-state index contributed by atoms with van der Waals surface area (Å²) in [6, 6.07) is 0. The minimum atomic E-state index is -0.205. The van der Waals surface area contributed by atoms with Gasteiger partial charge in [-0.05, 0) is 97.9 Å². The highest BCUT2D eigenvalue weighted by Crippen LogP contribution is 2.67. The van der Waals surface area contributed by atoms with Crippen LogP contribution in [0.3, 0.4) is 0 Å². The van der Waals surface area contributed by atoms with Crippen LogP contribution in [0.4, 0.5) is 0 Å². The summed E-state index contributed by atoms with van der Waals surface area (Å²) < 4.78 is 5.10. The fourth-order valence-electron chi connectivity index (χ4n) is 7.88. The second kappa shape index (κ2) is 6.43. The summed E-state index contributed by atoms with van der Waals surface area (Å²) in [6.45, 7) is 6.68. The minimum absolute atomic E-state index is 0.205. The Balaban J connectivity index is 1.53. The van der Waals surface area contributed by atoms with Crippen LogP contribution in [0.15, 0.2) is 12.3 Å². The average Bonchev–Trinajstić information content (AvgIpc) is 2.91. The van der Waals surface area contributed by atoms with E-state index in [1.165, 1.54) is 71.1 Å². The first-order valence-corrected chi connectivity index (χ1v) is 10.8. The van der Waals surface area contributed by atoms with Gasteiger partial charge in [0, 0.05) is 6.92 Å². The van der Waals surface area contributed by atoms with E-state index in [2.05, 4.69) is 19.9 Å². The maximum absolute atomic E-state index is 11.1. The lowest BCUT2D eigenvalue weighted by molar-refractivity contribution is -0.135. The maximum Gasteiger partial charge on any atom is 0.307 e. The van der Waals surface area contributed by atoms with Gasteiger partial charge in [-0.25, -0.2) is 0 Å². The lowest BCUT2D eigenvalue weighted by atomic mass is 9.45. The van der Waals surface area contributed by atoms with Crippen LogP contribution in [0, 0.1) is 40.4 Å². The summed E-state index contributed by atoms with van der Waals surface area (Å²) in [5, 5.41) is 0. The Morgan fingerprint density at radius 1 is 0.920 bits per heavy atom. The van der Waals surface area contributed by atoms with Crippen molar-refractivity contribution >= 4 is 5.97 Å². The summed E-state index contributed by atoms with van der Waals surface area (Å²) in [6.07, 6.45) is 18.2. The first-order valence-electron chi connectivity index (χ1n) is 10.8. The molecule has 0 spiro atoms. The van der Waals surface area contributed by atoms with E-state index >= 15 is 0 Å². The standard InChI is InChI=1S/C23H36O2/c1-16(24)25-15-12-18-8-10-20-19-9-7-17-6-4-5-13-22(17,2)21(19)11-14-23(18,20)3/h12,15,17-21H,4-11,13-14H2,1-3H3/t17?,18-,19+,20+,21+,22+,23-/m1/s1. The molecule has 25 heavy (non-hydrogen) atoms. The van der Waals surface area contributed by atoms with Gasteiger partial charge in [0.05, 0.1) is 6.26 Å². The second-order valence-electron chi connectivity index (χ2n) is 10.1. The zero-order chi connectivity index (χ0) is 17.7. The van der Waals surface area contributed by atoms with Crippen molar-refractivity contribution in [2.24, 2.45) is 40.4 Å². The number of fused-ring (bicyclic) bond motifs is 5. The van der Waals surface area contributed by atoms with E-state index in [4.69, 9.17) is 4.74 Å². The van der Waals surface area contributed by atoms with E-state index in [9.17, 15) is 4.79 Å². The van der Waals surface area contributed by atoms with Crippen LogP contribution in [-0.4, -0.2) is 5.97 Å². The van der Waals surface area contributed by atoms with Gasteiger partial charge in [-0.2, -0.15) is 0 Å². The number of allylic oxidation sites excluding steroid dienone is 1. The van der Waals surface area contributed by atoms with Gasteiger partial charge >= 0.3 is 5.97 Å². The predicted octanol–water partition coefficient (Wildman–Crippen LogP) is 6.11. The van der Waals surface area contributed by atoms with Gasteiger partial charge in [0.1, 0.15) is 0 Å². The largest absolute Gasteiger partial charge is 0.435 e. The molecule has 4 aliphatic carbocycles. The van der Waals surface area contributed by atoms with Gasteiger partial charge in [-0.15, -0.1) is 0 Å². The molecule has 0 amide bonds. The molecule has 0 aliphatic heterocycles. The van der Waals surface area contributed by atoms with Crippen molar-refractivity contribution in [1.82, 2.24) is 0 Å². The highest BCUT2D eigenvalue weighted by atomic mass is 16.5. The lowest BCUT2D eigenvalue weighted by Gasteiger charge is -2.60. The Hall–Kier alpha value is -0.790. The van der Waals surface area contributed by atoms with Gasteiger partial charge < -0.3 is 4.74 Å². The number of carbonyl (C=O) groups is 1. The molecule has 4 fully saturated rings. The highest BCUT2D eigenvalue weighted by Gasteiger charge is 2.59. The van der Waals surface area contributed by atoms with Crippen LogP contribution in [0.5, 0.6) is 0 Å². The molecule has 4 aliphatic rings. The smallest absolute Gasteiger partial charge is 0.307 e. The Bertz CT molecular complexity index is 552. The normalized spacial score (nSPS) is 49.3. The molecule has 0 aromatic rings. The number of hydrogen-bond acceptors (Lipinski definition) is 2. The zero-order valence-corrected chi connectivity index (χ0v) is 16.4. The van der Waals surface area contributed by atoms with Crippen molar-refractivity contribution in [2.75, 3.05) is 0 Å². The van der Waals surface area contributed by atoms with Crippen molar-refractivity contribution in [2.45, 2.75) is 85.0 Å². The lowest BCUT2D eigenvalue weighted by Crippen LogP contribution is -2.52. The molecule has 4 rings (SSSR count). The molecule has 0 radical (unpaired) electrons. The molecule has 0 bridgehead atoms. The van der Waals surface area contributed by atoms with Crippen LogP contribution in [0.1, 0.15) is 85.0 Å². The van der Waals surface area contributed by atoms with E-state index in [1.807, 2.05) is 0 Å². The molecule has 2 nitrogen and oxygen atoms in total. The van der Waals surface area contributed by atoms with Crippen molar-refractivity contribution in [3.05, 3.63) is 12.3 Å². The summed E-state index contributed by atoms with van der Waals surface area (Å²) in [5.41, 5.74) is 1.06. The summed E-state index contributed by atoms with van der Waals surface area (Å²) in [7, 11) is 0. The van der Waals surface area contributed by atoms with Crippen LogP contribution in [-0.2, 0) is 9.53 Å². The number of ether oxygens (including phenoxy) is 1. The van der Waals surface area contributed by atoms with Crippen LogP contribution < -0.4 is 0 Å². The summed E-state index contributed by atoms with van der Waals surface area (Å²) in [4.78, 5) is 11.1. The Morgan fingerprint density at radius 2 is 1.72 bits per heavy atom. The van der Waals surface area contributed by atoms with Gasteiger partial charge in [-0.3, -0.25) is 4.79 Å². The highest BCUT2D eigenvalue weighted by molar-refractivity contribution is 5.66. The third-order valence-electron chi connectivity index (χ3n) is 9.20. The predicted molar refractivity (Wildman–Crippen MR) is 101 cm³/mol. The fraction of sp³-hybridized carbons (Fsp3) is 0.870. The molecule has 0 heterocycles. The molecular weight excluding hydrogens is 308 g/mol. The van der Waals surface area contributed by atoms with E-state index in [0.717, 1.165) is 23.7 Å². The van der Waals surface area contributed by atoms with E-state index in [-0.39, 0.29) is 5.97 Å². The Labute approximate surface area is 153 Å². The van der Waals surface area contributed by atoms with Crippen molar-refractivity contribution in [1.29, 1.82) is 0 Å². The van der Waals surface area contributed by atoms with E-state index < -0.39 is 0 Å². The topological polar surface area (TPSA) is 26.3 Å². The number of hydrogen-bond donors (Lipinski definition) is 0. The van der Waals surface area contributed by atoms with Gasteiger partial charge in [0.2, 0.25) is 0 Å². The number of esters is 1. The SMILES string of the molecule is CC(=O)OC=C[C@H]1CC[C@H]2[C@@H]3CCC4CCCC[C@]4(C)[C@H]3CC[C@]12C. The quantitative estimate of drug-likeness (QED) is 0.446. The minimum Gasteiger partial charge on any atom is -0.435 e. The van der Waals surface area contributed by atoms with E-state index in [0.29, 0.717) is 16.7 Å². The van der Waals surface area contributed by atoms with Crippen LogP contribution in [0.25, 0.3) is 0 Å². The van der Waals surface area contributed by atoms with Gasteiger partial charge in [-0.1, -0.05) is 26.7 Å². The number of carbonyl (C=O) groups excluding carboxylic acids is 1. The molecule has 7 atom stereocenters. The van der Waals surface area contributed by atoms with E-state index in [1.54, 1.807) is 6.26 Å². The second-order valence-corrected chi connectivity index (χ2v) is 10.1. The molecule has 4 saturated carbocycles. The molecule has 0 N–H and O–H groups in total. The molecule has 2 heteroatoms. The van der Waals surface area contributed by atoms with Gasteiger partial charge in [0.25, 0.3) is 0 Å². The van der Waals surface area contributed by atoms with Crippen molar-refractivity contribution in [3.63, 3.8) is 0 Å². The van der Waals surface area contributed by atoms with Crippen LogP contribution in [0.2, 0.25) is 0 Å². The molecular formula is C23H36O2. The third kappa shape index (κ3) is 2.79. The molecule has 0 saturated heterocycles. The molecule has 1 unspecified atom stereocenters. The average molecular weight is 345 g/mol. The molecule has 140 valence electrons. The molecule has 0 aromatic carbocycles.